The Kier molecular flexibility index (Phi) is 4.08. The Bertz CT molecular complexity index is 591. The van der Waals surface area contributed by atoms with Crippen LogP contribution in [0.1, 0.15) is 22.8 Å². The zero-order valence-corrected chi connectivity index (χ0v) is 10.7. The first kappa shape index (κ1) is 13.0. The highest BCUT2D eigenvalue weighted by atomic mass is 16.1. The van der Waals surface area contributed by atoms with Crippen LogP contribution in [0.25, 0.3) is 0 Å². The summed E-state index contributed by atoms with van der Waals surface area (Å²) in [5.74, 6) is -0.0991. The molecule has 0 saturated heterocycles. The lowest BCUT2D eigenvalue weighted by Gasteiger charge is -2.10. The lowest BCUT2D eigenvalue weighted by atomic mass is 10.1. The molecule has 19 heavy (non-hydrogen) atoms. The highest BCUT2D eigenvalue weighted by molar-refractivity contribution is 6.04. The van der Waals surface area contributed by atoms with Crippen LogP contribution in [0.3, 0.4) is 0 Å². The molecule has 0 aliphatic rings. The van der Waals surface area contributed by atoms with Crippen molar-refractivity contribution in [3.05, 3.63) is 65.7 Å². The molecular weight excluding hydrogens is 238 g/mol. The molecule has 1 amide bonds. The SMILES string of the molecule is CC(=O)Cc1ccccc1NC(=O)c1ccccc1. The van der Waals surface area contributed by atoms with Crippen LogP contribution in [0, 0.1) is 0 Å². The molecule has 0 radical (unpaired) electrons. The van der Waals surface area contributed by atoms with Gasteiger partial charge in [-0.1, -0.05) is 36.4 Å². The third-order valence-electron chi connectivity index (χ3n) is 2.74. The van der Waals surface area contributed by atoms with E-state index in [4.69, 9.17) is 0 Å². The zero-order chi connectivity index (χ0) is 13.7. The second-order valence-corrected chi connectivity index (χ2v) is 4.36. The second-order valence-electron chi connectivity index (χ2n) is 4.36. The van der Waals surface area contributed by atoms with E-state index in [1.54, 1.807) is 18.2 Å². The van der Waals surface area contributed by atoms with Gasteiger partial charge < -0.3 is 5.32 Å². The molecule has 96 valence electrons. The van der Waals surface area contributed by atoms with Crippen LogP contribution >= 0.6 is 0 Å². The van der Waals surface area contributed by atoms with Gasteiger partial charge in [0.1, 0.15) is 5.78 Å². The standard InChI is InChI=1S/C16H15NO2/c1-12(18)11-14-9-5-6-10-15(14)17-16(19)13-7-3-2-4-8-13/h2-10H,11H2,1H3,(H,17,19). The van der Waals surface area contributed by atoms with Crippen molar-refractivity contribution in [3.63, 3.8) is 0 Å². The molecule has 0 saturated carbocycles. The third kappa shape index (κ3) is 3.52. The van der Waals surface area contributed by atoms with Gasteiger partial charge in [0, 0.05) is 17.7 Å². The topological polar surface area (TPSA) is 46.2 Å². The first-order valence-electron chi connectivity index (χ1n) is 6.10. The van der Waals surface area contributed by atoms with Crippen molar-refractivity contribution in [2.24, 2.45) is 0 Å². The Morgan fingerprint density at radius 3 is 2.26 bits per heavy atom. The lowest BCUT2D eigenvalue weighted by Crippen LogP contribution is -2.13. The minimum atomic E-state index is -0.170. The number of amides is 1. The minimum Gasteiger partial charge on any atom is -0.322 e. The number of benzene rings is 2. The van der Waals surface area contributed by atoms with E-state index in [0.717, 1.165) is 5.56 Å². The van der Waals surface area contributed by atoms with E-state index in [2.05, 4.69) is 5.32 Å². The van der Waals surface area contributed by atoms with Gasteiger partial charge in [0.15, 0.2) is 0 Å². The van der Waals surface area contributed by atoms with Gasteiger partial charge in [0.25, 0.3) is 5.91 Å². The van der Waals surface area contributed by atoms with Gasteiger partial charge >= 0.3 is 0 Å². The molecule has 0 aromatic heterocycles. The summed E-state index contributed by atoms with van der Waals surface area (Å²) in [6.45, 7) is 1.54. The number of para-hydroxylation sites is 1. The number of hydrogen-bond donors (Lipinski definition) is 1. The lowest BCUT2D eigenvalue weighted by molar-refractivity contribution is -0.116. The Balaban J connectivity index is 2.19. The fraction of sp³-hybridized carbons (Fsp3) is 0.125. The number of hydrogen-bond acceptors (Lipinski definition) is 2. The van der Waals surface area contributed by atoms with Gasteiger partial charge in [-0.05, 0) is 30.7 Å². The number of rotatable bonds is 4. The Morgan fingerprint density at radius 2 is 1.58 bits per heavy atom. The summed E-state index contributed by atoms with van der Waals surface area (Å²) >= 11 is 0. The molecule has 0 fully saturated rings. The molecule has 0 aliphatic heterocycles. The van der Waals surface area contributed by atoms with Gasteiger partial charge in [-0.2, -0.15) is 0 Å². The van der Waals surface area contributed by atoms with E-state index >= 15 is 0 Å². The predicted octanol–water partition coefficient (Wildman–Crippen LogP) is 3.07. The average Bonchev–Trinajstić information content (AvgIpc) is 2.41. The Labute approximate surface area is 112 Å². The van der Waals surface area contributed by atoms with Crippen molar-refractivity contribution < 1.29 is 9.59 Å². The summed E-state index contributed by atoms with van der Waals surface area (Å²) in [4.78, 5) is 23.3. The van der Waals surface area contributed by atoms with Crippen molar-refractivity contribution in [2.45, 2.75) is 13.3 Å². The van der Waals surface area contributed by atoms with E-state index in [1.807, 2.05) is 36.4 Å². The van der Waals surface area contributed by atoms with Crippen LogP contribution in [0.2, 0.25) is 0 Å². The second kappa shape index (κ2) is 5.96. The molecule has 0 spiro atoms. The highest BCUT2D eigenvalue weighted by Crippen LogP contribution is 2.17. The van der Waals surface area contributed by atoms with Gasteiger partial charge in [-0.15, -0.1) is 0 Å². The monoisotopic (exact) mass is 253 g/mol. The largest absolute Gasteiger partial charge is 0.322 e. The summed E-state index contributed by atoms with van der Waals surface area (Å²) in [6.07, 6.45) is 0.325. The summed E-state index contributed by atoms with van der Waals surface area (Å²) in [7, 11) is 0. The number of nitrogens with one attached hydrogen (secondary N) is 1. The maximum atomic E-state index is 12.1. The number of Topliss-reactive ketones (excluding diaryl/α,β-unsaturated/α-hetero) is 1. The summed E-state index contributed by atoms with van der Waals surface area (Å²) < 4.78 is 0. The fourth-order valence-corrected chi connectivity index (χ4v) is 1.85. The number of ketones is 1. The molecule has 0 atom stereocenters. The maximum Gasteiger partial charge on any atom is 0.255 e. The van der Waals surface area contributed by atoms with E-state index in [0.29, 0.717) is 17.7 Å². The van der Waals surface area contributed by atoms with Gasteiger partial charge in [0.05, 0.1) is 0 Å². The maximum absolute atomic E-state index is 12.1. The normalized spacial score (nSPS) is 9.95. The zero-order valence-electron chi connectivity index (χ0n) is 10.7. The van der Waals surface area contributed by atoms with Crippen molar-refractivity contribution in [3.8, 4) is 0 Å². The molecule has 0 heterocycles. The van der Waals surface area contributed by atoms with E-state index in [-0.39, 0.29) is 11.7 Å². The molecule has 0 bridgehead atoms. The van der Waals surface area contributed by atoms with Gasteiger partial charge in [-0.3, -0.25) is 9.59 Å². The van der Waals surface area contributed by atoms with Crippen LogP contribution in [-0.4, -0.2) is 11.7 Å². The minimum absolute atomic E-state index is 0.0708. The van der Waals surface area contributed by atoms with E-state index in [9.17, 15) is 9.59 Å². The molecular formula is C16H15NO2. The number of anilines is 1. The average molecular weight is 253 g/mol. The molecule has 3 heteroatoms. The summed E-state index contributed by atoms with van der Waals surface area (Å²) in [6, 6.07) is 16.3. The van der Waals surface area contributed by atoms with E-state index in [1.165, 1.54) is 6.92 Å². The quantitative estimate of drug-likeness (QED) is 0.910. The molecule has 2 rings (SSSR count). The highest BCUT2D eigenvalue weighted by Gasteiger charge is 2.09. The Morgan fingerprint density at radius 1 is 0.947 bits per heavy atom. The van der Waals surface area contributed by atoms with Crippen LogP contribution in [0.15, 0.2) is 54.6 Å². The molecule has 2 aromatic rings. The smallest absolute Gasteiger partial charge is 0.255 e. The van der Waals surface area contributed by atoms with Crippen LogP contribution < -0.4 is 5.32 Å². The Hall–Kier alpha value is -2.42. The number of carbonyl (C=O) groups is 2. The molecule has 3 nitrogen and oxygen atoms in total. The summed E-state index contributed by atoms with van der Waals surface area (Å²) in [5, 5.41) is 2.84. The van der Waals surface area contributed by atoms with Gasteiger partial charge in [0.2, 0.25) is 0 Å². The van der Waals surface area contributed by atoms with Crippen molar-refractivity contribution in [1.82, 2.24) is 0 Å². The summed E-state index contributed by atoms with van der Waals surface area (Å²) in [5.41, 5.74) is 2.12. The molecule has 1 N–H and O–H groups in total. The van der Waals surface area contributed by atoms with E-state index < -0.39 is 0 Å². The van der Waals surface area contributed by atoms with Crippen molar-refractivity contribution >= 4 is 17.4 Å². The van der Waals surface area contributed by atoms with Gasteiger partial charge in [-0.25, -0.2) is 0 Å². The molecule has 0 aliphatic carbocycles. The van der Waals surface area contributed by atoms with Crippen LogP contribution in [0.5, 0.6) is 0 Å². The fourth-order valence-electron chi connectivity index (χ4n) is 1.85. The first-order chi connectivity index (χ1) is 9.16. The van der Waals surface area contributed by atoms with Crippen molar-refractivity contribution in [1.29, 1.82) is 0 Å². The van der Waals surface area contributed by atoms with Crippen molar-refractivity contribution in [2.75, 3.05) is 5.32 Å². The van der Waals surface area contributed by atoms with Crippen LogP contribution in [-0.2, 0) is 11.2 Å². The number of carbonyl (C=O) groups excluding carboxylic acids is 2. The molecule has 2 aromatic carbocycles. The van der Waals surface area contributed by atoms with Crippen LogP contribution in [0.4, 0.5) is 5.69 Å². The first-order valence-corrected chi connectivity index (χ1v) is 6.10. The predicted molar refractivity (Wildman–Crippen MR) is 75.2 cm³/mol. The third-order valence-corrected chi connectivity index (χ3v) is 2.74. The molecule has 0 unspecified atom stereocenters.